The molecule has 0 aliphatic heterocycles. The number of halogens is 1. The van der Waals surface area contributed by atoms with Crippen LogP contribution >= 0.6 is 0 Å². The largest absolute Gasteiger partial charge is 0.484 e. The average molecular weight is 422 g/mol. The highest BCUT2D eigenvalue weighted by Gasteiger charge is 2.36. The van der Waals surface area contributed by atoms with Crippen LogP contribution in [0.1, 0.15) is 24.8 Å². The molecule has 1 saturated carbocycles. The first-order valence-corrected chi connectivity index (χ1v) is 10.7. The fourth-order valence-electron chi connectivity index (χ4n) is 4.15. The fourth-order valence-corrected chi connectivity index (χ4v) is 4.15. The van der Waals surface area contributed by atoms with E-state index in [-0.39, 0.29) is 6.04 Å². The van der Waals surface area contributed by atoms with Crippen LogP contribution in [0.25, 0.3) is 0 Å². The van der Waals surface area contributed by atoms with Crippen LogP contribution in [0.5, 0.6) is 17.2 Å². The molecule has 1 N–H and O–H groups in total. The first-order chi connectivity index (χ1) is 15.1. The van der Waals surface area contributed by atoms with Crippen molar-refractivity contribution in [3.8, 4) is 17.2 Å². The third-order valence-electron chi connectivity index (χ3n) is 5.76. The molecule has 1 aliphatic rings. The smallest absolute Gasteiger partial charge is 0.169 e. The molecule has 4 nitrogen and oxygen atoms in total. The molecule has 0 heterocycles. The molecule has 3 atom stereocenters. The lowest BCUT2D eigenvalue weighted by Crippen LogP contribution is -2.51. The number of para-hydroxylation sites is 1. The van der Waals surface area contributed by atoms with Gasteiger partial charge in [0.2, 0.25) is 0 Å². The Hall–Kier alpha value is -2.89. The van der Waals surface area contributed by atoms with E-state index < -0.39 is 18.0 Å². The molecule has 4 rings (SSSR count). The predicted octanol–water partition coefficient (Wildman–Crippen LogP) is 5.41. The van der Waals surface area contributed by atoms with Gasteiger partial charge in [0.1, 0.15) is 23.8 Å². The third kappa shape index (κ3) is 5.43. The van der Waals surface area contributed by atoms with Crippen molar-refractivity contribution in [2.75, 3.05) is 7.05 Å². The minimum Gasteiger partial charge on any atom is -0.484 e. The molecular weight excluding hydrogens is 393 g/mol. The Bertz CT molecular complexity index is 967. The Balaban J connectivity index is 1.48. The zero-order valence-electron chi connectivity index (χ0n) is 17.7. The molecule has 31 heavy (non-hydrogen) atoms. The van der Waals surface area contributed by atoms with Crippen LogP contribution in [0.15, 0.2) is 78.9 Å². The summed E-state index contributed by atoms with van der Waals surface area (Å²) >= 11 is 0. The van der Waals surface area contributed by atoms with E-state index in [4.69, 9.17) is 9.47 Å². The van der Waals surface area contributed by atoms with Gasteiger partial charge in [-0.25, -0.2) is 4.39 Å². The van der Waals surface area contributed by atoms with Gasteiger partial charge in [-0.3, -0.25) is 4.90 Å². The third-order valence-corrected chi connectivity index (χ3v) is 5.76. The first kappa shape index (κ1) is 21.3. The molecule has 5 heteroatoms. The zero-order valence-corrected chi connectivity index (χ0v) is 17.7. The minimum absolute atomic E-state index is 0.0361. The second-order valence-corrected chi connectivity index (χ2v) is 8.05. The van der Waals surface area contributed by atoms with Crippen LogP contribution in [0, 0.1) is 5.82 Å². The van der Waals surface area contributed by atoms with Gasteiger partial charge in [0.15, 0.2) is 11.5 Å². The second kappa shape index (κ2) is 9.94. The molecule has 3 aromatic rings. The molecule has 0 radical (unpaired) electrons. The van der Waals surface area contributed by atoms with Gasteiger partial charge in [-0.15, -0.1) is 0 Å². The summed E-state index contributed by atoms with van der Waals surface area (Å²) in [6.45, 7) is 0.748. The molecule has 0 spiro atoms. The van der Waals surface area contributed by atoms with Crippen LogP contribution in [0.4, 0.5) is 4.39 Å². The van der Waals surface area contributed by atoms with Crippen LogP contribution in [0.3, 0.4) is 0 Å². The van der Waals surface area contributed by atoms with E-state index in [0.717, 1.165) is 19.4 Å². The maximum Gasteiger partial charge on any atom is 0.169 e. The van der Waals surface area contributed by atoms with Crippen molar-refractivity contribution in [3.63, 3.8) is 0 Å². The summed E-state index contributed by atoms with van der Waals surface area (Å²) in [5.74, 6) is 0.973. The number of aliphatic hydroxyl groups is 1. The lowest BCUT2D eigenvalue weighted by molar-refractivity contribution is -0.0497. The molecule has 0 unspecified atom stereocenters. The molecule has 0 amide bonds. The predicted molar refractivity (Wildman–Crippen MR) is 119 cm³/mol. The number of nitrogens with zero attached hydrogens (tertiary/aromatic N) is 1. The number of benzene rings is 3. The summed E-state index contributed by atoms with van der Waals surface area (Å²) in [7, 11) is 2.02. The van der Waals surface area contributed by atoms with Gasteiger partial charge in [-0.1, -0.05) is 48.5 Å². The molecule has 0 aromatic heterocycles. The van der Waals surface area contributed by atoms with Crippen molar-refractivity contribution in [2.45, 2.75) is 44.1 Å². The van der Waals surface area contributed by atoms with Gasteiger partial charge >= 0.3 is 0 Å². The monoisotopic (exact) mass is 421 g/mol. The molecule has 162 valence electrons. The minimum atomic E-state index is -0.685. The van der Waals surface area contributed by atoms with Crippen molar-refractivity contribution < 1.29 is 19.0 Å². The Morgan fingerprint density at radius 3 is 2.39 bits per heavy atom. The van der Waals surface area contributed by atoms with E-state index in [2.05, 4.69) is 17.0 Å². The van der Waals surface area contributed by atoms with E-state index in [0.29, 0.717) is 23.7 Å². The van der Waals surface area contributed by atoms with Gasteiger partial charge in [0.25, 0.3) is 0 Å². The molecule has 0 bridgehead atoms. The summed E-state index contributed by atoms with van der Waals surface area (Å²) in [5, 5.41) is 11.1. The lowest BCUT2D eigenvalue weighted by atomic mass is 9.88. The van der Waals surface area contributed by atoms with E-state index in [1.165, 1.54) is 17.7 Å². The number of rotatable bonds is 7. The molecule has 0 saturated heterocycles. The maximum absolute atomic E-state index is 14.0. The summed E-state index contributed by atoms with van der Waals surface area (Å²) in [6, 6.07) is 23.7. The first-order valence-electron chi connectivity index (χ1n) is 10.7. The Morgan fingerprint density at radius 2 is 1.65 bits per heavy atom. The van der Waals surface area contributed by atoms with Gasteiger partial charge in [0, 0.05) is 18.7 Å². The summed E-state index contributed by atoms with van der Waals surface area (Å²) in [4.78, 5) is 2.17. The number of hydrogen-bond donors (Lipinski definition) is 1. The Morgan fingerprint density at radius 1 is 0.935 bits per heavy atom. The summed E-state index contributed by atoms with van der Waals surface area (Å²) in [5.41, 5.74) is 1.20. The van der Waals surface area contributed by atoms with Crippen LogP contribution in [-0.2, 0) is 6.54 Å². The Kier molecular flexibility index (Phi) is 6.85. The van der Waals surface area contributed by atoms with Gasteiger partial charge in [0.05, 0.1) is 0 Å². The molecule has 1 fully saturated rings. The Labute approximate surface area is 182 Å². The van der Waals surface area contributed by atoms with Crippen LogP contribution in [-0.4, -0.2) is 35.3 Å². The zero-order chi connectivity index (χ0) is 21.6. The van der Waals surface area contributed by atoms with E-state index in [9.17, 15) is 9.50 Å². The van der Waals surface area contributed by atoms with Crippen molar-refractivity contribution in [2.24, 2.45) is 0 Å². The molecule has 3 aromatic carbocycles. The standard InChI is InChI=1S/C26H28FNO3/c1-28(18-19-9-4-2-5-10-19)22-13-8-14-24(26(22)29)31-25-17-20(27)15-16-23(25)30-21-11-6-3-7-12-21/h2-7,9-12,15-17,22,24,26,29H,8,13-14,18H2,1H3/t22-,24-,26-/m1/s1. The van der Waals surface area contributed by atoms with Gasteiger partial charge < -0.3 is 14.6 Å². The second-order valence-electron chi connectivity index (χ2n) is 8.05. The molecule has 1 aliphatic carbocycles. The summed E-state index contributed by atoms with van der Waals surface area (Å²) < 4.78 is 26.0. The fraction of sp³-hybridized carbons (Fsp3) is 0.308. The van der Waals surface area contributed by atoms with Crippen molar-refractivity contribution in [1.82, 2.24) is 4.90 Å². The normalized spacial score (nSPS) is 21.1. The van der Waals surface area contributed by atoms with Crippen LogP contribution in [0.2, 0.25) is 0 Å². The quantitative estimate of drug-likeness (QED) is 0.554. The molecular formula is C26H28FNO3. The summed E-state index contributed by atoms with van der Waals surface area (Å²) in [6.07, 6.45) is 1.40. The average Bonchev–Trinajstić information content (AvgIpc) is 2.78. The lowest BCUT2D eigenvalue weighted by Gasteiger charge is -2.39. The van der Waals surface area contributed by atoms with Gasteiger partial charge in [-0.2, -0.15) is 0 Å². The number of aliphatic hydroxyl groups excluding tert-OH is 1. The highest BCUT2D eigenvalue weighted by Crippen LogP contribution is 2.35. The van der Waals surface area contributed by atoms with E-state index in [1.54, 1.807) is 6.07 Å². The number of likely N-dealkylation sites (N-methyl/N-ethyl adjacent to an activating group) is 1. The highest BCUT2D eigenvalue weighted by molar-refractivity contribution is 5.43. The van der Waals surface area contributed by atoms with Crippen molar-refractivity contribution in [3.05, 3.63) is 90.2 Å². The number of hydrogen-bond acceptors (Lipinski definition) is 4. The van der Waals surface area contributed by atoms with E-state index in [1.807, 2.05) is 55.6 Å². The van der Waals surface area contributed by atoms with Crippen LogP contribution < -0.4 is 9.47 Å². The SMILES string of the molecule is CN(Cc1ccccc1)[C@@H]1CCC[C@@H](Oc2cc(F)ccc2Oc2ccccc2)[C@@H]1O. The number of ether oxygens (including phenoxy) is 2. The maximum atomic E-state index is 14.0. The topological polar surface area (TPSA) is 41.9 Å². The van der Waals surface area contributed by atoms with E-state index >= 15 is 0 Å². The highest BCUT2D eigenvalue weighted by atomic mass is 19.1. The van der Waals surface area contributed by atoms with Crippen molar-refractivity contribution in [1.29, 1.82) is 0 Å². The van der Waals surface area contributed by atoms with Crippen molar-refractivity contribution >= 4 is 0 Å². The van der Waals surface area contributed by atoms with Gasteiger partial charge in [-0.05, 0) is 56.1 Å².